The minimum absolute atomic E-state index is 0.267. The van der Waals surface area contributed by atoms with Crippen molar-refractivity contribution in [2.45, 2.75) is 78.4 Å². The Kier molecular flexibility index (Phi) is 9.58. The van der Waals surface area contributed by atoms with Gasteiger partial charge in [0.15, 0.2) is 0 Å². The summed E-state index contributed by atoms with van der Waals surface area (Å²) in [7, 11) is 1.90. The molecule has 140 valence electrons. The average molecular weight is 343 g/mol. The second-order valence-corrected chi connectivity index (χ2v) is 7.58. The van der Waals surface area contributed by atoms with Crippen LogP contribution in [0.4, 0.5) is 9.59 Å². The summed E-state index contributed by atoms with van der Waals surface area (Å²) >= 11 is 0. The van der Waals surface area contributed by atoms with Gasteiger partial charge in [-0.15, -0.1) is 0 Å². The third-order valence-corrected chi connectivity index (χ3v) is 2.61. The summed E-state index contributed by atoms with van der Waals surface area (Å²) in [5, 5.41) is 5.63. The number of ether oxygens (including phenoxy) is 2. The molecule has 0 aliphatic heterocycles. The van der Waals surface area contributed by atoms with Crippen molar-refractivity contribution in [3.8, 4) is 0 Å². The summed E-state index contributed by atoms with van der Waals surface area (Å²) in [6.07, 6.45) is 1.91. The maximum atomic E-state index is 11.9. The quantitative estimate of drug-likeness (QED) is 0.437. The lowest BCUT2D eigenvalue weighted by atomic mass is 10.2. The Morgan fingerprint density at radius 2 is 1.50 bits per heavy atom. The van der Waals surface area contributed by atoms with Crippen LogP contribution < -0.4 is 10.6 Å². The van der Waals surface area contributed by atoms with Crippen LogP contribution in [-0.2, 0) is 9.47 Å². The monoisotopic (exact) mass is 343 g/mol. The van der Waals surface area contributed by atoms with Gasteiger partial charge in [-0.1, -0.05) is 6.42 Å². The van der Waals surface area contributed by atoms with Crippen LogP contribution in [0.15, 0.2) is 4.99 Å². The molecule has 0 bridgehead atoms. The molecule has 0 unspecified atom stereocenters. The zero-order chi connectivity index (χ0) is 18.8. The van der Waals surface area contributed by atoms with Gasteiger partial charge >= 0.3 is 12.2 Å². The lowest BCUT2D eigenvalue weighted by molar-refractivity contribution is 0.0561. The van der Waals surface area contributed by atoms with Gasteiger partial charge in [0.05, 0.1) is 0 Å². The molecule has 0 aromatic rings. The Morgan fingerprint density at radius 1 is 0.917 bits per heavy atom. The van der Waals surface area contributed by atoms with E-state index in [1.165, 1.54) is 0 Å². The van der Waals surface area contributed by atoms with Crippen LogP contribution in [-0.4, -0.2) is 42.8 Å². The molecule has 24 heavy (non-hydrogen) atoms. The van der Waals surface area contributed by atoms with Crippen LogP contribution in [0.1, 0.15) is 67.2 Å². The van der Waals surface area contributed by atoms with Crippen molar-refractivity contribution in [3.63, 3.8) is 0 Å². The van der Waals surface area contributed by atoms with E-state index in [1.807, 2.05) is 7.05 Å². The molecule has 0 aromatic heterocycles. The van der Waals surface area contributed by atoms with Crippen LogP contribution in [0.3, 0.4) is 0 Å². The van der Waals surface area contributed by atoms with E-state index in [2.05, 4.69) is 15.6 Å². The minimum atomic E-state index is -0.719. The lowest BCUT2D eigenvalue weighted by Crippen LogP contribution is -2.37. The van der Waals surface area contributed by atoms with Crippen molar-refractivity contribution in [2.24, 2.45) is 4.99 Å². The van der Waals surface area contributed by atoms with Crippen molar-refractivity contribution in [2.75, 3.05) is 13.6 Å². The van der Waals surface area contributed by atoms with Crippen LogP contribution in [0.5, 0.6) is 0 Å². The number of alkyl carbamates (subject to hydrolysis) is 1. The van der Waals surface area contributed by atoms with E-state index in [9.17, 15) is 9.59 Å². The second-order valence-electron chi connectivity index (χ2n) is 7.58. The Bertz CT molecular complexity index is 434. The summed E-state index contributed by atoms with van der Waals surface area (Å²) in [5.41, 5.74) is -1.25. The molecule has 0 saturated heterocycles. The van der Waals surface area contributed by atoms with Crippen molar-refractivity contribution in [1.82, 2.24) is 10.6 Å². The molecule has 7 nitrogen and oxygen atoms in total. The number of aliphatic imine (C=N–C) groups is 1. The molecule has 2 amide bonds. The van der Waals surface area contributed by atoms with Crippen molar-refractivity contribution >= 4 is 18.0 Å². The maximum Gasteiger partial charge on any atom is 0.435 e. The first-order chi connectivity index (χ1) is 10.9. The Balaban J connectivity index is 4.75. The van der Waals surface area contributed by atoms with Crippen LogP contribution >= 0.6 is 0 Å². The first kappa shape index (κ1) is 22.4. The van der Waals surface area contributed by atoms with Crippen LogP contribution in [0.25, 0.3) is 0 Å². The van der Waals surface area contributed by atoms with Gasteiger partial charge in [-0.2, -0.15) is 4.99 Å². The Hall–Kier alpha value is -1.63. The van der Waals surface area contributed by atoms with E-state index < -0.39 is 23.4 Å². The molecule has 0 aliphatic rings. The molecule has 0 spiro atoms. The molecule has 2 N–H and O–H groups in total. The van der Waals surface area contributed by atoms with E-state index in [0.717, 1.165) is 25.8 Å². The van der Waals surface area contributed by atoms with Crippen molar-refractivity contribution in [1.29, 1.82) is 0 Å². The van der Waals surface area contributed by atoms with Gasteiger partial charge < -0.3 is 14.8 Å². The SMILES string of the molecule is CNCCCCCC(=NC(=O)OC(C)(C)C)NC(=O)OC(C)(C)C. The smallest absolute Gasteiger partial charge is 0.435 e. The predicted molar refractivity (Wildman–Crippen MR) is 95.4 cm³/mol. The van der Waals surface area contributed by atoms with Crippen molar-refractivity contribution in [3.05, 3.63) is 0 Å². The molecule has 0 radical (unpaired) electrons. The molecule has 0 aromatic carbocycles. The summed E-state index contributed by atoms with van der Waals surface area (Å²) in [5.74, 6) is 0.267. The fourth-order valence-electron chi connectivity index (χ4n) is 1.73. The zero-order valence-corrected chi connectivity index (χ0v) is 16.1. The molecule has 0 heterocycles. The highest BCUT2D eigenvalue weighted by Gasteiger charge is 2.20. The van der Waals surface area contributed by atoms with Crippen LogP contribution in [0.2, 0.25) is 0 Å². The van der Waals surface area contributed by atoms with Gasteiger partial charge in [-0.3, -0.25) is 5.32 Å². The molecule has 0 aliphatic carbocycles. The molecule has 0 fully saturated rings. The number of hydrogen-bond donors (Lipinski definition) is 2. The van der Waals surface area contributed by atoms with E-state index in [-0.39, 0.29) is 5.84 Å². The molecule has 0 saturated carbocycles. The first-order valence-electron chi connectivity index (χ1n) is 8.38. The summed E-state index contributed by atoms with van der Waals surface area (Å²) in [4.78, 5) is 27.6. The lowest BCUT2D eigenvalue weighted by Gasteiger charge is -2.20. The van der Waals surface area contributed by atoms with Gasteiger partial charge in [0.2, 0.25) is 0 Å². The Morgan fingerprint density at radius 3 is 2.00 bits per heavy atom. The van der Waals surface area contributed by atoms with E-state index in [0.29, 0.717) is 6.42 Å². The number of rotatable bonds is 6. The zero-order valence-electron chi connectivity index (χ0n) is 16.1. The summed E-state index contributed by atoms with van der Waals surface area (Å²) in [6, 6.07) is 0. The molecular weight excluding hydrogens is 310 g/mol. The van der Waals surface area contributed by atoms with E-state index in [4.69, 9.17) is 9.47 Å². The summed E-state index contributed by atoms with van der Waals surface area (Å²) < 4.78 is 10.4. The molecule has 7 heteroatoms. The number of carbonyl (C=O) groups is 2. The summed E-state index contributed by atoms with van der Waals surface area (Å²) in [6.45, 7) is 11.5. The van der Waals surface area contributed by atoms with Crippen molar-refractivity contribution < 1.29 is 19.1 Å². The number of nitrogens with one attached hydrogen (secondary N) is 2. The maximum absolute atomic E-state index is 11.9. The number of amides is 2. The normalized spacial score (nSPS) is 12.7. The largest absolute Gasteiger partial charge is 0.444 e. The molecule has 0 atom stereocenters. The highest BCUT2D eigenvalue weighted by molar-refractivity contribution is 6.00. The number of hydrogen-bond acceptors (Lipinski definition) is 5. The number of carbonyl (C=O) groups excluding carboxylic acids is 2. The van der Waals surface area contributed by atoms with Crippen LogP contribution in [0, 0.1) is 0 Å². The van der Waals surface area contributed by atoms with Gasteiger partial charge in [0.1, 0.15) is 17.0 Å². The molecule has 0 rings (SSSR count). The fourth-order valence-corrected chi connectivity index (χ4v) is 1.73. The number of unbranched alkanes of at least 4 members (excludes halogenated alkanes) is 2. The number of amidine groups is 1. The average Bonchev–Trinajstić information content (AvgIpc) is 2.33. The highest BCUT2D eigenvalue weighted by Crippen LogP contribution is 2.10. The third kappa shape index (κ3) is 14.0. The fraction of sp³-hybridized carbons (Fsp3) is 0.824. The molecular formula is C17H33N3O4. The topological polar surface area (TPSA) is 89.0 Å². The van der Waals surface area contributed by atoms with E-state index >= 15 is 0 Å². The van der Waals surface area contributed by atoms with Gasteiger partial charge in [0.25, 0.3) is 0 Å². The number of nitrogens with zero attached hydrogens (tertiary/aromatic N) is 1. The second kappa shape index (κ2) is 10.3. The first-order valence-corrected chi connectivity index (χ1v) is 8.38. The van der Waals surface area contributed by atoms with E-state index in [1.54, 1.807) is 41.5 Å². The van der Waals surface area contributed by atoms with Gasteiger partial charge in [-0.25, -0.2) is 9.59 Å². The predicted octanol–water partition coefficient (Wildman–Crippen LogP) is 3.62. The highest BCUT2D eigenvalue weighted by atomic mass is 16.6. The standard InChI is InChI=1S/C17H33N3O4/c1-16(2,3)23-14(21)19-13(11-9-8-10-12-18-7)20-15(22)24-17(4,5)6/h18H,8-12H2,1-7H3,(H,19,20,21,22). The van der Waals surface area contributed by atoms with Gasteiger partial charge in [0, 0.05) is 6.42 Å². The minimum Gasteiger partial charge on any atom is -0.444 e. The third-order valence-electron chi connectivity index (χ3n) is 2.61. The van der Waals surface area contributed by atoms with Gasteiger partial charge in [-0.05, 0) is 68.0 Å². The Labute approximate surface area is 145 Å².